The van der Waals surface area contributed by atoms with Crippen molar-refractivity contribution in [1.29, 1.82) is 0 Å². The predicted octanol–water partition coefficient (Wildman–Crippen LogP) is 0.421. The molecule has 0 aliphatic carbocycles. The summed E-state index contributed by atoms with van der Waals surface area (Å²) in [6, 6.07) is 8.00. The first-order valence-corrected chi connectivity index (χ1v) is 3.79. The van der Waals surface area contributed by atoms with E-state index in [1.807, 2.05) is 0 Å². The summed E-state index contributed by atoms with van der Waals surface area (Å²) < 4.78 is 1.01. The fourth-order valence-electron chi connectivity index (χ4n) is 1.28. The number of benzene rings is 1. The summed E-state index contributed by atoms with van der Waals surface area (Å²) in [6.45, 7) is 0. The first-order valence-electron chi connectivity index (χ1n) is 3.79. The number of nitrogens with zero attached hydrogens (tertiary/aromatic N) is 1. The molecule has 0 unspecified atom stereocenters. The molecule has 0 aliphatic rings. The zero-order chi connectivity index (χ0) is 9.42. The molecule has 3 N–H and O–H groups in total. The van der Waals surface area contributed by atoms with Gasteiger partial charge in [0.1, 0.15) is 5.75 Å². The molecule has 0 spiro atoms. The Kier molecular flexibility index (Phi) is 1.48. The third-order valence-electron chi connectivity index (χ3n) is 1.94. The van der Waals surface area contributed by atoms with E-state index in [1.165, 1.54) is 0 Å². The highest BCUT2D eigenvalue weighted by atomic mass is 16.3. The fourth-order valence-corrected chi connectivity index (χ4v) is 1.28. The number of rotatable bonds is 0. The summed E-state index contributed by atoms with van der Waals surface area (Å²) in [6.07, 6.45) is 0. The molecule has 0 saturated carbocycles. The molecule has 0 aliphatic heterocycles. The van der Waals surface area contributed by atoms with E-state index < -0.39 is 5.56 Å². The van der Waals surface area contributed by atoms with E-state index in [2.05, 4.69) is 0 Å². The molecule has 2 aromatic rings. The molecule has 13 heavy (non-hydrogen) atoms. The minimum atomic E-state index is -0.420. The Bertz CT molecular complexity index is 516. The van der Waals surface area contributed by atoms with Crippen LogP contribution in [-0.2, 0) is 0 Å². The van der Waals surface area contributed by atoms with Gasteiger partial charge in [0.25, 0.3) is 5.56 Å². The van der Waals surface area contributed by atoms with Crippen molar-refractivity contribution < 1.29 is 5.11 Å². The van der Waals surface area contributed by atoms with E-state index >= 15 is 0 Å². The smallest absolute Gasteiger partial charge is 0.272 e. The summed E-state index contributed by atoms with van der Waals surface area (Å²) in [5.41, 5.74) is 0.101. The van der Waals surface area contributed by atoms with Gasteiger partial charge in [0.05, 0.1) is 5.52 Å². The molecule has 66 valence electrons. The van der Waals surface area contributed by atoms with Crippen molar-refractivity contribution in [2.24, 2.45) is 0 Å². The van der Waals surface area contributed by atoms with Crippen LogP contribution in [0.5, 0.6) is 5.75 Å². The Balaban J connectivity index is 3.06. The maximum Gasteiger partial charge on any atom is 0.272 e. The third kappa shape index (κ3) is 1.03. The maximum atomic E-state index is 11.1. The standard InChI is InChI=1S/C9H8N2O2/c10-11-7-4-2-1-3-6(7)8(12)5-9(11)13/h1-5,12H,10H2. The maximum absolute atomic E-state index is 11.1. The van der Waals surface area contributed by atoms with Crippen LogP contribution in [0.4, 0.5) is 0 Å². The molecule has 0 fully saturated rings. The van der Waals surface area contributed by atoms with Crippen molar-refractivity contribution in [3.05, 3.63) is 40.7 Å². The Labute approximate surface area is 73.8 Å². The lowest BCUT2D eigenvalue weighted by Gasteiger charge is -2.04. The van der Waals surface area contributed by atoms with Crippen LogP contribution in [0.3, 0.4) is 0 Å². The Morgan fingerprint density at radius 3 is 2.77 bits per heavy atom. The summed E-state index contributed by atoms with van der Waals surface area (Å²) >= 11 is 0. The monoisotopic (exact) mass is 176 g/mol. The number of hydrogen-bond acceptors (Lipinski definition) is 3. The van der Waals surface area contributed by atoms with Gasteiger partial charge < -0.3 is 10.9 Å². The summed E-state index contributed by atoms with van der Waals surface area (Å²) in [7, 11) is 0. The van der Waals surface area contributed by atoms with Crippen LogP contribution in [0.25, 0.3) is 10.9 Å². The summed E-state index contributed by atoms with van der Waals surface area (Å²) in [4.78, 5) is 11.1. The second-order valence-electron chi connectivity index (χ2n) is 2.75. The molecule has 1 heterocycles. The van der Waals surface area contributed by atoms with Crippen LogP contribution in [-0.4, -0.2) is 9.78 Å². The molecule has 0 bridgehead atoms. The molecule has 1 aromatic heterocycles. The predicted molar refractivity (Wildman–Crippen MR) is 50.0 cm³/mol. The van der Waals surface area contributed by atoms with E-state index in [4.69, 9.17) is 5.84 Å². The lowest BCUT2D eigenvalue weighted by molar-refractivity contribution is 0.480. The first-order chi connectivity index (χ1) is 6.20. The lowest BCUT2D eigenvalue weighted by atomic mass is 10.2. The van der Waals surface area contributed by atoms with Gasteiger partial charge in [0.15, 0.2) is 0 Å². The number of fused-ring (bicyclic) bond motifs is 1. The number of nitrogen functional groups attached to an aromatic ring is 1. The normalized spacial score (nSPS) is 10.5. The number of nitrogens with two attached hydrogens (primary N) is 1. The van der Waals surface area contributed by atoms with Gasteiger partial charge in [-0.15, -0.1) is 0 Å². The molecule has 0 radical (unpaired) electrons. The van der Waals surface area contributed by atoms with Gasteiger partial charge in [0, 0.05) is 11.5 Å². The number of aromatic nitrogens is 1. The molecular weight excluding hydrogens is 168 g/mol. The molecular formula is C9H8N2O2. The van der Waals surface area contributed by atoms with Gasteiger partial charge >= 0.3 is 0 Å². The zero-order valence-corrected chi connectivity index (χ0v) is 6.77. The van der Waals surface area contributed by atoms with E-state index in [0.717, 1.165) is 10.7 Å². The van der Waals surface area contributed by atoms with Gasteiger partial charge in [-0.1, -0.05) is 12.1 Å². The second kappa shape index (κ2) is 2.52. The van der Waals surface area contributed by atoms with Crippen LogP contribution >= 0.6 is 0 Å². The van der Waals surface area contributed by atoms with Gasteiger partial charge in [-0.25, -0.2) is 4.68 Å². The minimum Gasteiger partial charge on any atom is -0.507 e. The Hall–Kier alpha value is -1.97. The Morgan fingerprint density at radius 1 is 1.31 bits per heavy atom. The molecule has 0 saturated heterocycles. The van der Waals surface area contributed by atoms with Crippen LogP contribution in [0.2, 0.25) is 0 Å². The number of hydrogen-bond donors (Lipinski definition) is 2. The third-order valence-corrected chi connectivity index (χ3v) is 1.94. The van der Waals surface area contributed by atoms with E-state index in [-0.39, 0.29) is 5.75 Å². The van der Waals surface area contributed by atoms with E-state index in [9.17, 15) is 9.90 Å². The average Bonchev–Trinajstić information content (AvgIpc) is 2.15. The van der Waals surface area contributed by atoms with Crippen LogP contribution in [0.15, 0.2) is 35.1 Å². The van der Waals surface area contributed by atoms with Crippen molar-refractivity contribution in [2.75, 3.05) is 5.84 Å². The van der Waals surface area contributed by atoms with Gasteiger partial charge in [-0.3, -0.25) is 4.79 Å². The largest absolute Gasteiger partial charge is 0.507 e. The SMILES string of the molecule is Nn1c(=O)cc(O)c2ccccc21. The Morgan fingerprint density at radius 2 is 2.00 bits per heavy atom. The van der Waals surface area contributed by atoms with Gasteiger partial charge in [-0.05, 0) is 12.1 Å². The number of aromatic hydroxyl groups is 1. The lowest BCUT2D eigenvalue weighted by Crippen LogP contribution is -2.26. The topological polar surface area (TPSA) is 68.2 Å². The molecule has 0 atom stereocenters. The summed E-state index contributed by atoms with van der Waals surface area (Å²) in [5.74, 6) is 5.44. The van der Waals surface area contributed by atoms with Crippen molar-refractivity contribution in [3.8, 4) is 5.75 Å². The van der Waals surface area contributed by atoms with Crippen LogP contribution in [0, 0.1) is 0 Å². The highest BCUT2D eigenvalue weighted by Crippen LogP contribution is 2.20. The highest BCUT2D eigenvalue weighted by Gasteiger charge is 2.03. The van der Waals surface area contributed by atoms with Crippen molar-refractivity contribution in [1.82, 2.24) is 4.68 Å². The molecule has 1 aromatic carbocycles. The van der Waals surface area contributed by atoms with Crippen LogP contribution in [0.1, 0.15) is 0 Å². The van der Waals surface area contributed by atoms with Crippen molar-refractivity contribution in [3.63, 3.8) is 0 Å². The molecule has 0 amide bonds. The quantitative estimate of drug-likeness (QED) is 0.571. The molecule has 4 nitrogen and oxygen atoms in total. The fraction of sp³-hybridized carbons (Fsp3) is 0. The molecule has 2 rings (SSSR count). The van der Waals surface area contributed by atoms with E-state index in [0.29, 0.717) is 10.9 Å². The highest BCUT2D eigenvalue weighted by molar-refractivity contribution is 5.84. The van der Waals surface area contributed by atoms with Gasteiger partial charge in [-0.2, -0.15) is 0 Å². The van der Waals surface area contributed by atoms with E-state index in [1.54, 1.807) is 24.3 Å². The molecule has 4 heteroatoms. The number of para-hydroxylation sites is 1. The average molecular weight is 176 g/mol. The first kappa shape index (κ1) is 7.67. The summed E-state index contributed by atoms with van der Waals surface area (Å²) in [5, 5.41) is 9.98. The minimum absolute atomic E-state index is 0.0395. The second-order valence-corrected chi connectivity index (χ2v) is 2.75. The van der Waals surface area contributed by atoms with Crippen molar-refractivity contribution >= 4 is 10.9 Å². The van der Waals surface area contributed by atoms with Crippen LogP contribution < -0.4 is 11.4 Å². The number of pyridine rings is 1. The van der Waals surface area contributed by atoms with Crippen molar-refractivity contribution in [2.45, 2.75) is 0 Å². The zero-order valence-electron chi connectivity index (χ0n) is 6.77. The van der Waals surface area contributed by atoms with Gasteiger partial charge in [0.2, 0.25) is 0 Å².